The molecule has 1 saturated heterocycles. The molecule has 19 heavy (non-hydrogen) atoms. The lowest BCUT2D eigenvalue weighted by atomic mass is 10.1. The van der Waals surface area contributed by atoms with Crippen LogP contribution in [0.15, 0.2) is 18.2 Å². The van der Waals surface area contributed by atoms with Gasteiger partial charge < -0.3 is 5.32 Å². The summed E-state index contributed by atoms with van der Waals surface area (Å²) in [5, 5.41) is 10.1. The van der Waals surface area contributed by atoms with Crippen molar-refractivity contribution in [2.45, 2.75) is 25.1 Å². The van der Waals surface area contributed by atoms with Crippen molar-refractivity contribution in [3.05, 3.63) is 23.8 Å². The molecule has 0 amide bonds. The molecule has 0 spiro atoms. The molecule has 0 atom stereocenters. The van der Waals surface area contributed by atoms with E-state index in [1.165, 1.54) is 6.07 Å². The second kappa shape index (κ2) is 4.48. The highest BCUT2D eigenvalue weighted by Gasteiger charge is 2.31. The molecule has 1 aromatic carbocycles. The number of hydrogen-bond donors (Lipinski definition) is 1. The molecule has 0 radical (unpaired) electrons. The monoisotopic (exact) mass is 271 g/mol. The second-order valence-electron chi connectivity index (χ2n) is 4.83. The van der Waals surface area contributed by atoms with Gasteiger partial charge in [-0.2, -0.15) is 13.2 Å². The Labute approximate surface area is 107 Å². The number of piperidine rings is 1. The lowest BCUT2D eigenvalue weighted by Crippen LogP contribution is -2.86. The first kappa shape index (κ1) is 12.4. The Morgan fingerprint density at radius 2 is 1.95 bits per heavy atom. The number of aromatic nitrogens is 3. The van der Waals surface area contributed by atoms with Crippen molar-refractivity contribution in [2.24, 2.45) is 0 Å². The summed E-state index contributed by atoms with van der Waals surface area (Å²) in [6.45, 7) is 2.04. The molecule has 1 aliphatic rings. The van der Waals surface area contributed by atoms with E-state index < -0.39 is 11.7 Å². The maximum atomic E-state index is 12.6. The van der Waals surface area contributed by atoms with Gasteiger partial charge in [-0.25, -0.2) is 4.68 Å². The van der Waals surface area contributed by atoms with Gasteiger partial charge in [0, 0.05) is 12.8 Å². The highest BCUT2D eigenvalue weighted by molar-refractivity contribution is 5.75. The van der Waals surface area contributed by atoms with E-state index in [9.17, 15) is 13.2 Å². The predicted molar refractivity (Wildman–Crippen MR) is 62.5 cm³/mol. The van der Waals surface area contributed by atoms with E-state index in [2.05, 4.69) is 15.6 Å². The number of nitrogens with zero attached hydrogens (tertiary/aromatic N) is 3. The third-order valence-corrected chi connectivity index (χ3v) is 3.55. The summed E-state index contributed by atoms with van der Waals surface area (Å²) in [7, 11) is 0. The second-order valence-corrected chi connectivity index (χ2v) is 4.83. The minimum absolute atomic E-state index is 0.242. The Hall–Kier alpha value is -1.63. The van der Waals surface area contributed by atoms with Gasteiger partial charge in [-0.3, -0.25) is 0 Å². The number of quaternary nitrogens is 1. The molecule has 2 N–H and O–H groups in total. The van der Waals surface area contributed by atoms with Crippen LogP contribution in [0, 0.1) is 0 Å². The lowest BCUT2D eigenvalue weighted by Gasteiger charge is -2.20. The number of benzene rings is 1. The van der Waals surface area contributed by atoms with Crippen molar-refractivity contribution in [1.29, 1.82) is 0 Å². The largest absolute Gasteiger partial charge is 0.416 e. The molecule has 0 bridgehead atoms. The Bertz CT molecular complexity index is 584. The first-order valence-electron chi connectivity index (χ1n) is 6.29. The number of rotatable bonds is 1. The first-order valence-corrected chi connectivity index (χ1v) is 6.29. The quantitative estimate of drug-likeness (QED) is 0.851. The average molecular weight is 271 g/mol. The van der Waals surface area contributed by atoms with Crippen LogP contribution in [0.3, 0.4) is 0 Å². The van der Waals surface area contributed by atoms with E-state index in [0.717, 1.165) is 38.1 Å². The fourth-order valence-electron chi connectivity index (χ4n) is 2.54. The van der Waals surface area contributed by atoms with Crippen molar-refractivity contribution in [3.63, 3.8) is 0 Å². The van der Waals surface area contributed by atoms with Gasteiger partial charge in [-0.15, -0.1) is 5.10 Å². The number of fused-ring (bicyclic) bond motifs is 1. The predicted octanol–water partition coefficient (Wildman–Crippen LogP) is 1.35. The van der Waals surface area contributed by atoms with Gasteiger partial charge >= 0.3 is 6.18 Å². The number of alkyl halides is 3. The molecule has 1 aliphatic heterocycles. The first-order chi connectivity index (χ1) is 9.05. The zero-order valence-electron chi connectivity index (χ0n) is 10.2. The molecule has 102 valence electrons. The molecular weight excluding hydrogens is 257 g/mol. The summed E-state index contributed by atoms with van der Waals surface area (Å²) in [4.78, 5) is 0. The summed E-state index contributed by atoms with van der Waals surface area (Å²) in [5.74, 6) is 0. The van der Waals surface area contributed by atoms with E-state index >= 15 is 0 Å². The zero-order valence-corrected chi connectivity index (χ0v) is 10.2. The van der Waals surface area contributed by atoms with Crippen molar-refractivity contribution < 1.29 is 18.5 Å². The van der Waals surface area contributed by atoms with Gasteiger partial charge in [0.05, 0.1) is 30.2 Å². The van der Waals surface area contributed by atoms with Crippen LogP contribution in [0.4, 0.5) is 13.2 Å². The fraction of sp³-hybridized carbons (Fsp3) is 0.500. The number of halogens is 3. The van der Waals surface area contributed by atoms with Crippen LogP contribution in [0.5, 0.6) is 0 Å². The van der Waals surface area contributed by atoms with Gasteiger partial charge in [0.25, 0.3) is 0 Å². The zero-order chi connectivity index (χ0) is 13.5. The number of nitrogens with two attached hydrogens (primary N) is 1. The van der Waals surface area contributed by atoms with E-state index in [1.807, 2.05) is 0 Å². The minimum Gasteiger partial charge on any atom is -0.346 e. The van der Waals surface area contributed by atoms with Gasteiger partial charge in [0.15, 0.2) is 0 Å². The molecule has 7 heteroatoms. The van der Waals surface area contributed by atoms with Crippen molar-refractivity contribution in [3.8, 4) is 0 Å². The Morgan fingerprint density at radius 3 is 2.63 bits per heavy atom. The Morgan fingerprint density at radius 1 is 1.21 bits per heavy atom. The maximum absolute atomic E-state index is 12.6. The highest BCUT2D eigenvalue weighted by Crippen LogP contribution is 2.31. The highest BCUT2D eigenvalue weighted by atomic mass is 19.4. The minimum atomic E-state index is -4.34. The van der Waals surface area contributed by atoms with Gasteiger partial charge in [-0.05, 0) is 18.2 Å². The molecule has 3 rings (SSSR count). The van der Waals surface area contributed by atoms with E-state index in [1.54, 1.807) is 4.68 Å². The van der Waals surface area contributed by atoms with E-state index in [4.69, 9.17) is 0 Å². The standard InChI is InChI=1S/C12H13F3N4/c13-12(14,15)8-1-2-11-10(7-8)17-18-19(11)9-3-5-16-6-4-9/h1-2,7,9,16H,3-6H2/p+1. The third-order valence-electron chi connectivity index (χ3n) is 3.55. The molecule has 0 saturated carbocycles. The van der Waals surface area contributed by atoms with Gasteiger partial charge in [-0.1, -0.05) is 5.21 Å². The van der Waals surface area contributed by atoms with Crippen LogP contribution in [-0.4, -0.2) is 28.1 Å². The lowest BCUT2D eigenvalue weighted by molar-refractivity contribution is -0.664. The van der Waals surface area contributed by atoms with Crippen molar-refractivity contribution in [1.82, 2.24) is 15.0 Å². The third kappa shape index (κ3) is 2.30. The fourth-order valence-corrected chi connectivity index (χ4v) is 2.54. The van der Waals surface area contributed by atoms with Gasteiger partial charge in [0.1, 0.15) is 5.52 Å². The van der Waals surface area contributed by atoms with Gasteiger partial charge in [0.2, 0.25) is 0 Å². The molecule has 0 aliphatic carbocycles. The molecule has 4 nitrogen and oxygen atoms in total. The van der Waals surface area contributed by atoms with E-state index in [-0.39, 0.29) is 6.04 Å². The average Bonchev–Trinajstić information content (AvgIpc) is 2.81. The Balaban J connectivity index is 2.00. The van der Waals surface area contributed by atoms with Crippen LogP contribution in [0.1, 0.15) is 24.4 Å². The molecule has 0 unspecified atom stereocenters. The smallest absolute Gasteiger partial charge is 0.346 e. The number of hydrogen-bond acceptors (Lipinski definition) is 2. The van der Waals surface area contributed by atoms with Crippen LogP contribution in [-0.2, 0) is 6.18 Å². The molecular formula is C12H14F3N4+. The van der Waals surface area contributed by atoms with Crippen molar-refractivity contribution >= 4 is 11.0 Å². The van der Waals surface area contributed by atoms with Crippen LogP contribution < -0.4 is 5.32 Å². The van der Waals surface area contributed by atoms with E-state index in [0.29, 0.717) is 11.0 Å². The summed E-state index contributed by atoms with van der Waals surface area (Å²) >= 11 is 0. The maximum Gasteiger partial charge on any atom is 0.416 e. The molecule has 1 fully saturated rings. The summed E-state index contributed by atoms with van der Waals surface area (Å²) in [5.41, 5.74) is 0.313. The topological polar surface area (TPSA) is 47.3 Å². The van der Waals surface area contributed by atoms with Crippen LogP contribution in [0.2, 0.25) is 0 Å². The normalized spacial score (nSPS) is 18.1. The van der Waals surface area contributed by atoms with Crippen LogP contribution >= 0.6 is 0 Å². The molecule has 2 aromatic rings. The van der Waals surface area contributed by atoms with Crippen LogP contribution in [0.25, 0.3) is 11.0 Å². The Kier molecular flexibility index (Phi) is 2.93. The molecule has 2 heterocycles. The summed E-state index contributed by atoms with van der Waals surface area (Å²) < 4.78 is 39.6. The van der Waals surface area contributed by atoms with Crippen molar-refractivity contribution in [2.75, 3.05) is 13.1 Å². The molecule has 1 aromatic heterocycles. The summed E-state index contributed by atoms with van der Waals surface area (Å²) in [6.07, 6.45) is -2.39. The SMILES string of the molecule is FC(F)(F)c1ccc2c(c1)nnn2C1CC[NH2+]CC1. The summed E-state index contributed by atoms with van der Waals surface area (Å²) in [6, 6.07) is 3.87.